The van der Waals surface area contributed by atoms with Crippen molar-refractivity contribution in [2.75, 3.05) is 18.0 Å². The second kappa shape index (κ2) is 4.67. The summed E-state index contributed by atoms with van der Waals surface area (Å²) in [6.07, 6.45) is 0.528. The molecule has 1 aliphatic rings. The van der Waals surface area contributed by atoms with Gasteiger partial charge in [-0.15, -0.1) is 0 Å². The molecule has 2 rings (SSSR count). The lowest BCUT2D eigenvalue weighted by Gasteiger charge is -2.19. The number of hydrogen-bond donors (Lipinski definition) is 1. The maximum Gasteiger partial charge on any atom is 0.227 e. The fraction of sp³-hybridized carbons (Fsp3) is 0.462. The summed E-state index contributed by atoms with van der Waals surface area (Å²) in [7, 11) is 0. The maximum atomic E-state index is 11.9. The molecule has 2 N–H and O–H groups in total. The van der Waals surface area contributed by atoms with E-state index in [0.717, 1.165) is 16.8 Å². The molecule has 3 nitrogen and oxygen atoms in total. The van der Waals surface area contributed by atoms with Crippen LogP contribution in [0.5, 0.6) is 0 Å². The molecule has 1 heterocycles. The molecule has 1 aromatic rings. The quantitative estimate of drug-likeness (QED) is 0.878. The van der Waals surface area contributed by atoms with E-state index in [-0.39, 0.29) is 11.8 Å². The van der Waals surface area contributed by atoms with Gasteiger partial charge in [-0.25, -0.2) is 0 Å². The third-order valence-electron chi connectivity index (χ3n) is 3.39. The number of aryl methyl sites for hydroxylation is 2. The van der Waals surface area contributed by atoms with Crippen molar-refractivity contribution in [1.29, 1.82) is 0 Å². The highest BCUT2D eigenvalue weighted by atomic mass is 35.5. The molecule has 1 unspecified atom stereocenters. The lowest BCUT2D eigenvalue weighted by molar-refractivity contribution is -0.117. The number of amides is 1. The topological polar surface area (TPSA) is 46.3 Å². The van der Waals surface area contributed by atoms with Crippen molar-refractivity contribution in [1.82, 2.24) is 0 Å². The van der Waals surface area contributed by atoms with Crippen LogP contribution < -0.4 is 10.6 Å². The third-order valence-corrected chi connectivity index (χ3v) is 3.70. The second-order valence-corrected chi connectivity index (χ2v) is 5.11. The van der Waals surface area contributed by atoms with E-state index in [4.69, 9.17) is 17.3 Å². The SMILES string of the molecule is Cc1cc(Cl)c(N2CC(CN)CC2=O)cc1C. The Morgan fingerprint density at radius 1 is 1.41 bits per heavy atom. The maximum absolute atomic E-state index is 11.9. The van der Waals surface area contributed by atoms with Crippen LogP contribution in [0.3, 0.4) is 0 Å². The van der Waals surface area contributed by atoms with Gasteiger partial charge in [0.2, 0.25) is 5.91 Å². The van der Waals surface area contributed by atoms with E-state index in [0.29, 0.717) is 24.5 Å². The van der Waals surface area contributed by atoms with Gasteiger partial charge >= 0.3 is 0 Å². The Morgan fingerprint density at radius 2 is 2.06 bits per heavy atom. The molecule has 0 bridgehead atoms. The van der Waals surface area contributed by atoms with Crippen molar-refractivity contribution in [2.45, 2.75) is 20.3 Å². The summed E-state index contributed by atoms with van der Waals surface area (Å²) in [5, 5.41) is 0.638. The molecular weight excluding hydrogens is 236 g/mol. The van der Waals surface area contributed by atoms with Crippen LogP contribution in [-0.4, -0.2) is 19.0 Å². The first kappa shape index (κ1) is 12.4. The fourth-order valence-corrected chi connectivity index (χ4v) is 2.47. The standard InChI is InChI=1S/C13H17ClN2O/c1-8-3-11(14)12(4-9(8)2)16-7-10(6-15)5-13(16)17/h3-4,10H,5-7,15H2,1-2H3. The minimum Gasteiger partial charge on any atom is -0.330 e. The van der Waals surface area contributed by atoms with Crippen LogP contribution in [0.4, 0.5) is 5.69 Å². The van der Waals surface area contributed by atoms with E-state index < -0.39 is 0 Å². The zero-order valence-electron chi connectivity index (χ0n) is 10.2. The summed E-state index contributed by atoms with van der Waals surface area (Å²) >= 11 is 6.21. The molecule has 92 valence electrons. The molecule has 4 heteroatoms. The molecule has 0 aromatic heterocycles. The van der Waals surface area contributed by atoms with Crippen molar-refractivity contribution in [3.63, 3.8) is 0 Å². The average Bonchev–Trinajstić information content (AvgIpc) is 2.65. The first-order chi connectivity index (χ1) is 8.02. The zero-order valence-corrected chi connectivity index (χ0v) is 10.9. The van der Waals surface area contributed by atoms with Crippen LogP contribution in [0.1, 0.15) is 17.5 Å². The Labute approximate surface area is 107 Å². The number of carbonyl (C=O) groups excluding carboxylic acids is 1. The molecule has 1 atom stereocenters. The summed E-state index contributed by atoms with van der Waals surface area (Å²) in [6, 6.07) is 3.89. The largest absolute Gasteiger partial charge is 0.330 e. The normalized spacial score (nSPS) is 20.1. The molecule has 1 fully saturated rings. The van der Waals surface area contributed by atoms with Crippen molar-refractivity contribution < 1.29 is 4.79 Å². The van der Waals surface area contributed by atoms with Crippen LogP contribution in [0.25, 0.3) is 0 Å². The lowest BCUT2D eigenvalue weighted by Crippen LogP contribution is -2.26. The Balaban J connectivity index is 2.35. The van der Waals surface area contributed by atoms with Crippen molar-refractivity contribution in [3.8, 4) is 0 Å². The highest BCUT2D eigenvalue weighted by Gasteiger charge is 2.30. The Hall–Kier alpha value is -1.06. The van der Waals surface area contributed by atoms with Crippen LogP contribution in [-0.2, 0) is 4.79 Å². The predicted molar refractivity (Wildman–Crippen MR) is 70.4 cm³/mol. The number of hydrogen-bond acceptors (Lipinski definition) is 2. The molecule has 1 aliphatic heterocycles. The minimum absolute atomic E-state index is 0.116. The van der Waals surface area contributed by atoms with E-state index in [1.807, 2.05) is 26.0 Å². The summed E-state index contributed by atoms with van der Waals surface area (Å²) < 4.78 is 0. The summed E-state index contributed by atoms with van der Waals surface area (Å²) in [4.78, 5) is 13.7. The molecule has 1 aromatic carbocycles. The number of carbonyl (C=O) groups is 1. The Bertz CT molecular complexity index is 459. The molecule has 1 amide bonds. The molecule has 0 saturated carbocycles. The van der Waals surface area contributed by atoms with Gasteiger partial charge < -0.3 is 10.6 Å². The van der Waals surface area contributed by atoms with Gasteiger partial charge in [-0.2, -0.15) is 0 Å². The first-order valence-corrected chi connectivity index (χ1v) is 6.18. The Morgan fingerprint density at radius 3 is 2.65 bits per heavy atom. The molecule has 0 radical (unpaired) electrons. The van der Waals surface area contributed by atoms with Gasteiger partial charge in [-0.3, -0.25) is 4.79 Å². The number of benzene rings is 1. The van der Waals surface area contributed by atoms with E-state index in [9.17, 15) is 4.79 Å². The first-order valence-electron chi connectivity index (χ1n) is 5.80. The summed E-state index contributed by atoms with van der Waals surface area (Å²) in [5.41, 5.74) is 8.72. The summed E-state index contributed by atoms with van der Waals surface area (Å²) in [5.74, 6) is 0.366. The molecule has 0 spiro atoms. The van der Waals surface area contributed by atoms with Crippen LogP contribution >= 0.6 is 11.6 Å². The van der Waals surface area contributed by atoms with E-state index in [1.54, 1.807) is 4.90 Å². The minimum atomic E-state index is 0.116. The van der Waals surface area contributed by atoms with Gasteiger partial charge in [0.15, 0.2) is 0 Å². The molecular formula is C13H17ClN2O. The van der Waals surface area contributed by atoms with E-state index >= 15 is 0 Å². The Kier molecular flexibility index (Phi) is 3.40. The number of nitrogens with two attached hydrogens (primary N) is 1. The molecule has 1 saturated heterocycles. The van der Waals surface area contributed by atoms with Crippen LogP contribution in [0.2, 0.25) is 5.02 Å². The summed E-state index contributed by atoms with van der Waals surface area (Å²) in [6.45, 7) is 5.26. The molecule has 0 aliphatic carbocycles. The lowest BCUT2D eigenvalue weighted by atomic mass is 10.1. The number of rotatable bonds is 2. The number of nitrogens with zero attached hydrogens (tertiary/aromatic N) is 1. The van der Waals surface area contributed by atoms with E-state index in [2.05, 4.69) is 0 Å². The van der Waals surface area contributed by atoms with Crippen LogP contribution in [0.15, 0.2) is 12.1 Å². The van der Waals surface area contributed by atoms with Gasteiger partial charge in [-0.05, 0) is 49.6 Å². The molecule has 17 heavy (non-hydrogen) atoms. The van der Waals surface area contributed by atoms with E-state index in [1.165, 1.54) is 0 Å². The van der Waals surface area contributed by atoms with Crippen LogP contribution in [0, 0.1) is 19.8 Å². The van der Waals surface area contributed by atoms with Gasteiger partial charge in [-0.1, -0.05) is 11.6 Å². The highest BCUT2D eigenvalue weighted by molar-refractivity contribution is 6.34. The fourth-order valence-electron chi connectivity index (χ4n) is 2.14. The van der Waals surface area contributed by atoms with Crippen molar-refractivity contribution in [3.05, 3.63) is 28.3 Å². The monoisotopic (exact) mass is 252 g/mol. The van der Waals surface area contributed by atoms with Gasteiger partial charge in [0.05, 0.1) is 10.7 Å². The number of anilines is 1. The zero-order chi connectivity index (χ0) is 12.6. The van der Waals surface area contributed by atoms with Crippen molar-refractivity contribution in [2.24, 2.45) is 11.7 Å². The van der Waals surface area contributed by atoms with Gasteiger partial charge in [0.1, 0.15) is 0 Å². The van der Waals surface area contributed by atoms with Crippen molar-refractivity contribution >= 4 is 23.2 Å². The third kappa shape index (κ3) is 2.31. The van der Waals surface area contributed by atoms with Gasteiger partial charge in [0, 0.05) is 13.0 Å². The second-order valence-electron chi connectivity index (χ2n) is 4.70. The number of halogens is 1. The highest BCUT2D eigenvalue weighted by Crippen LogP contribution is 2.33. The van der Waals surface area contributed by atoms with Gasteiger partial charge in [0.25, 0.3) is 0 Å². The predicted octanol–water partition coefficient (Wildman–Crippen LogP) is 2.27. The smallest absolute Gasteiger partial charge is 0.227 e. The average molecular weight is 253 g/mol.